The first kappa shape index (κ1) is 35.0. The van der Waals surface area contributed by atoms with Gasteiger partial charge in [-0.05, 0) is 111 Å². The summed E-state index contributed by atoms with van der Waals surface area (Å²) in [6.45, 7) is 2.25. The molecule has 3 saturated carbocycles. The Morgan fingerprint density at radius 2 is 1.22 bits per heavy atom. The molecule has 2 aromatic rings. The van der Waals surface area contributed by atoms with Crippen LogP contribution in [0.1, 0.15) is 138 Å². The minimum absolute atomic E-state index is 0.0326. The molecule has 46 heavy (non-hydrogen) atoms. The second kappa shape index (κ2) is 14.8. The standard InChI is InChI=1S/C37H46F8O/c1-2-3-4-5-23-6-8-24(9-7-23)25-10-12-26(13-11-25)28-16-19-31(32(38)20-28)27-14-17-29(18-15-27)37(44,45)46-30-21-33(39)35(34(40)22-30)36(41,42)43/h16,19-27,29H,2-15,17-18H2,1H3. The molecule has 5 rings (SSSR count). The summed E-state index contributed by atoms with van der Waals surface area (Å²) in [6, 6.07) is 5.65. The average Bonchev–Trinajstić information content (AvgIpc) is 3.00. The van der Waals surface area contributed by atoms with Crippen LogP contribution in [-0.2, 0) is 6.18 Å². The van der Waals surface area contributed by atoms with Crippen LogP contribution in [0.2, 0.25) is 0 Å². The molecule has 0 spiro atoms. The van der Waals surface area contributed by atoms with Gasteiger partial charge in [-0.3, -0.25) is 0 Å². The van der Waals surface area contributed by atoms with Gasteiger partial charge in [-0.15, -0.1) is 0 Å². The smallest absolute Gasteiger partial charge is 0.422 e. The minimum atomic E-state index is -5.31. The highest BCUT2D eigenvalue weighted by atomic mass is 19.4. The van der Waals surface area contributed by atoms with Crippen LogP contribution in [0.5, 0.6) is 5.75 Å². The number of rotatable bonds is 10. The molecule has 3 aliphatic carbocycles. The van der Waals surface area contributed by atoms with E-state index in [0.29, 0.717) is 11.5 Å². The molecule has 9 heteroatoms. The third-order valence-corrected chi connectivity index (χ3v) is 11.2. The summed E-state index contributed by atoms with van der Waals surface area (Å²) >= 11 is 0. The van der Waals surface area contributed by atoms with Crippen molar-refractivity contribution in [2.45, 2.75) is 134 Å². The van der Waals surface area contributed by atoms with Gasteiger partial charge in [0.25, 0.3) is 0 Å². The Labute approximate surface area is 267 Å². The quantitative estimate of drug-likeness (QED) is 0.182. The topological polar surface area (TPSA) is 9.23 Å². The van der Waals surface area contributed by atoms with E-state index in [2.05, 4.69) is 11.7 Å². The summed E-state index contributed by atoms with van der Waals surface area (Å²) < 4.78 is 116. The van der Waals surface area contributed by atoms with Crippen LogP contribution in [0.4, 0.5) is 35.1 Å². The van der Waals surface area contributed by atoms with Gasteiger partial charge in [-0.25, -0.2) is 13.2 Å². The molecule has 0 bridgehead atoms. The van der Waals surface area contributed by atoms with Gasteiger partial charge in [0.05, 0.1) is 5.92 Å². The van der Waals surface area contributed by atoms with Gasteiger partial charge in [0, 0.05) is 12.1 Å². The normalized spacial score (nSPS) is 27.8. The van der Waals surface area contributed by atoms with Crippen molar-refractivity contribution in [1.29, 1.82) is 0 Å². The minimum Gasteiger partial charge on any atom is -0.432 e. The molecule has 0 aromatic heterocycles. The number of benzene rings is 2. The Balaban J connectivity index is 1.10. The molecular formula is C37H46F8O. The summed E-state index contributed by atoms with van der Waals surface area (Å²) in [7, 11) is 0. The Kier molecular flexibility index (Phi) is 11.3. The predicted molar refractivity (Wildman–Crippen MR) is 162 cm³/mol. The lowest BCUT2D eigenvalue weighted by Crippen LogP contribution is -2.37. The molecule has 3 aliphatic rings. The SMILES string of the molecule is CCCCCC1CCC(C2CCC(c3ccc(C4CCC(C(F)(F)Oc5cc(F)c(C(F)(F)F)c(F)c5)CC4)c(F)c3)CC2)CC1. The zero-order chi connectivity index (χ0) is 33.1. The summed E-state index contributed by atoms with van der Waals surface area (Å²) in [4.78, 5) is 0. The molecular weight excluding hydrogens is 612 g/mol. The zero-order valence-corrected chi connectivity index (χ0v) is 26.6. The third-order valence-electron chi connectivity index (χ3n) is 11.2. The van der Waals surface area contributed by atoms with Crippen LogP contribution in [0.15, 0.2) is 30.3 Å². The van der Waals surface area contributed by atoms with Gasteiger partial charge in [0.15, 0.2) is 0 Å². The van der Waals surface area contributed by atoms with E-state index >= 15 is 4.39 Å². The second-order valence-electron chi connectivity index (χ2n) is 14.1. The molecule has 256 valence electrons. The first-order chi connectivity index (χ1) is 21.9. The molecule has 0 unspecified atom stereocenters. The third kappa shape index (κ3) is 8.39. The lowest BCUT2D eigenvalue weighted by Gasteiger charge is -2.38. The highest BCUT2D eigenvalue weighted by molar-refractivity contribution is 5.33. The highest BCUT2D eigenvalue weighted by Gasteiger charge is 2.45. The molecule has 0 radical (unpaired) electrons. The fraction of sp³-hybridized carbons (Fsp3) is 0.676. The predicted octanol–water partition coefficient (Wildman–Crippen LogP) is 12.7. The summed E-state index contributed by atoms with van der Waals surface area (Å²) in [5.74, 6) is -4.13. The van der Waals surface area contributed by atoms with Crippen LogP contribution in [0.3, 0.4) is 0 Å². The van der Waals surface area contributed by atoms with Gasteiger partial charge < -0.3 is 4.74 Å². The van der Waals surface area contributed by atoms with E-state index in [-0.39, 0.29) is 49.6 Å². The van der Waals surface area contributed by atoms with Crippen molar-refractivity contribution in [3.05, 3.63) is 64.5 Å². The zero-order valence-electron chi connectivity index (χ0n) is 26.6. The lowest BCUT2D eigenvalue weighted by atomic mass is 9.68. The summed E-state index contributed by atoms with van der Waals surface area (Å²) in [5, 5.41) is 0. The summed E-state index contributed by atoms with van der Waals surface area (Å²) in [6.07, 6.45) is 6.58. The highest BCUT2D eigenvalue weighted by Crippen LogP contribution is 2.47. The van der Waals surface area contributed by atoms with Crippen LogP contribution in [0, 0.1) is 41.1 Å². The Hall–Kier alpha value is -2.32. The maximum Gasteiger partial charge on any atom is 0.422 e. The van der Waals surface area contributed by atoms with E-state index in [1.54, 1.807) is 12.1 Å². The van der Waals surface area contributed by atoms with Crippen molar-refractivity contribution in [3.8, 4) is 5.75 Å². The number of hydrogen-bond donors (Lipinski definition) is 0. The molecule has 0 heterocycles. The number of hydrogen-bond acceptors (Lipinski definition) is 1. The molecule has 0 atom stereocenters. The largest absolute Gasteiger partial charge is 0.432 e. The van der Waals surface area contributed by atoms with Crippen molar-refractivity contribution in [2.75, 3.05) is 0 Å². The number of unbranched alkanes of at least 4 members (excludes halogenated alkanes) is 2. The molecule has 0 amide bonds. The van der Waals surface area contributed by atoms with E-state index in [0.717, 1.165) is 36.2 Å². The van der Waals surface area contributed by atoms with Crippen LogP contribution in [-0.4, -0.2) is 6.11 Å². The number of halogens is 8. The fourth-order valence-electron chi connectivity index (χ4n) is 8.54. The van der Waals surface area contributed by atoms with E-state index in [1.165, 1.54) is 64.2 Å². The van der Waals surface area contributed by atoms with Gasteiger partial charge in [0.2, 0.25) is 0 Å². The van der Waals surface area contributed by atoms with E-state index in [4.69, 9.17) is 0 Å². The first-order valence-corrected chi connectivity index (χ1v) is 17.3. The van der Waals surface area contributed by atoms with Crippen molar-refractivity contribution in [1.82, 2.24) is 0 Å². The molecule has 0 N–H and O–H groups in total. The Bertz CT molecular complexity index is 1260. The maximum atomic E-state index is 15.4. The van der Waals surface area contributed by atoms with Crippen molar-refractivity contribution in [3.63, 3.8) is 0 Å². The van der Waals surface area contributed by atoms with E-state index in [1.807, 2.05) is 6.07 Å². The second-order valence-corrected chi connectivity index (χ2v) is 14.1. The van der Waals surface area contributed by atoms with Gasteiger partial charge in [-0.2, -0.15) is 22.0 Å². The van der Waals surface area contributed by atoms with Crippen molar-refractivity contribution < 1.29 is 39.9 Å². The van der Waals surface area contributed by atoms with Gasteiger partial charge in [0.1, 0.15) is 28.8 Å². The van der Waals surface area contributed by atoms with Gasteiger partial charge in [-0.1, -0.05) is 57.6 Å². The first-order valence-electron chi connectivity index (χ1n) is 17.3. The van der Waals surface area contributed by atoms with E-state index in [9.17, 15) is 30.7 Å². The Morgan fingerprint density at radius 3 is 1.76 bits per heavy atom. The van der Waals surface area contributed by atoms with Crippen LogP contribution in [0.25, 0.3) is 0 Å². The van der Waals surface area contributed by atoms with Crippen LogP contribution < -0.4 is 4.74 Å². The number of ether oxygens (including phenoxy) is 1. The lowest BCUT2D eigenvalue weighted by molar-refractivity contribution is -0.222. The van der Waals surface area contributed by atoms with Crippen LogP contribution >= 0.6 is 0 Å². The van der Waals surface area contributed by atoms with Crippen molar-refractivity contribution in [2.24, 2.45) is 23.7 Å². The Morgan fingerprint density at radius 1 is 0.652 bits per heavy atom. The average molecular weight is 659 g/mol. The molecule has 0 aliphatic heterocycles. The van der Waals surface area contributed by atoms with E-state index < -0.39 is 41.2 Å². The number of alkyl halides is 5. The maximum absolute atomic E-state index is 15.4. The molecule has 1 nitrogen and oxygen atoms in total. The molecule has 3 fully saturated rings. The monoisotopic (exact) mass is 658 g/mol. The molecule has 2 aromatic carbocycles. The summed E-state index contributed by atoms with van der Waals surface area (Å²) in [5.41, 5.74) is -0.651. The van der Waals surface area contributed by atoms with Gasteiger partial charge >= 0.3 is 12.3 Å². The fourth-order valence-corrected chi connectivity index (χ4v) is 8.54. The van der Waals surface area contributed by atoms with Crippen molar-refractivity contribution >= 4 is 0 Å². The molecule has 0 saturated heterocycles.